The Balaban J connectivity index is 1.75. The van der Waals surface area contributed by atoms with Crippen molar-refractivity contribution < 1.29 is 13.9 Å². The SMILES string of the molecule is CC[C@H](F)CNc1ncc(-c2ccc(CNCCCF)cn2)c(NC2CCC(O)CC2)n1. The number of halogens is 2. The minimum absolute atomic E-state index is 0.160. The fourth-order valence-corrected chi connectivity index (χ4v) is 3.64. The first kappa shape index (κ1) is 24.3. The molecule has 0 radical (unpaired) electrons. The highest BCUT2D eigenvalue weighted by Gasteiger charge is 2.21. The Kier molecular flexibility index (Phi) is 9.55. The van der Waals surface area contributed by atoms with Gasteiger partial charge in [0.05, 0.1) is 24.0 Å². The molecule has 2 aromatic rings. The summed E-state index contributed by atoms with van der Waals surface area (Å²) in [4.78, 5) is 13.5. The van der Waals surface area contributed by atoms with Gasteiger partial charge in [-0.2, -0.15) is 4.98 Å². The molecule has 1 aliphatic carbocycles. The molecule has 1 atom stereocenters. The second kappa shape index (κ2) is 12.6. The fraction of sp³-hybridized carbons (Fsp3) is 0.609. The molecular formula is C23H34F2N6O. The Morgan fingerprint density at radius 3 is 2.66 bits per heavy atom. The first-order valence-electron chi connectivity index (χ1n) is 11.5. The lowest BCUT2D eigenvalue weighted by Crippen LogP contribution is -2.29. The van der Waals surface area contributed by atoms with Crippen LogP contribution in [-0.4, -0.2) is 58.1 Å². The summed E-state index contributed by atoms with van der Waals surface area (Å²) in [6.07, 6.45) is 6.45. The third kappa shape index (κ3) is 7.34. The van der Waals surface area contributed by atoms with Crippen LogP contribution in [0.2, 0.25) is 0 Å². The van der Waals surface area contributed by atoms with Crippen molar-refractivity contribution in [2.45, 2.75) is 70.3 Å². The number of pyridine rings is 1. The number of aliphatic hydroxyl groups is 1. The zero-order valence-corrected chi connectivity index (χ0v) is 18.7. The van der Waals surface area contributed by atoms with Crippen molar-refractivity contribution in [3.63, 3.8) is 0 Å². The molecule has 0 unspecified atom stereocenters. The van der Waals surface area contributed by atoms with Crippen LogP contribution < -0.4 is 16.0 Å². The van der Waals surface area contributed by atoms with Crippen LogP contribution in [0.3, 0.4) is 0 Å². The van der Waals surface area contributed by atoms with Gasteiger partial charge in [0.1, 0.15) is 12.0 Å². The molecule has 176 valence electrons. The van der Waals surface area contributed by atoms with Crippen LogP contribution in [0.4, 0.5) is 20.5 Å². The number of nitrogens with zero attached hydrogens (tertiary/aromatic N) is 3. The number of aliphatic hydroxyl groups excluding tert-OH is 1. The highest BCUT2D eigenvalue weighted by molar-refractivity contribution is 5.73. The maximum absolute atomic E-state index is 13.7. The molecule has 3 rings (SSSR count). The van der Waals surface area contributed by atoms with Crippen molar-refractivity contribution in [2.24, 2.45) is 0 Å². The Bertz CT molecular complexity index is 815. The molecule has 1 aliphatic rings. The molecule has 0 spiro atoms. The number of aromatic nitrogens is 3. The maximum Gasteiger partial charge on any atom is 0.224 e. The lowest BCUT2D eigenvalue weighted by molar-refractivity contribution is 0.126. The maximum atomic E-state index is 13.7. The van der Waals surface area contributed by atoms with Crippen molar-refractivity contribution in [1.82, 2.24) is 20.3 Å². The highest BCUT2D eigenvalue weighted by Crippen LogP contribution is 2.29. The normalized spacial score (nSPS) is 19.5. The van der Waals surface area contributed by atoms with Crippen molar-refractivity contribution in [1.29, 1.82) is 0 Å². The van der Waals surface area contributed by atoms with E-state index < -0.39 is 6.17 Å². The standard InChI is InChI=1S/C23H34F2N6O/c1-2-17(25)14-28-23-29-15-20(22(31-23)30-18-5-7-19(32)8-6-18)21-9-4-16(13-27-21)12-26-11-3-10-24/h4,9,13,15,17-19,26,32H,2-3,5-8,10-12,14H2,1H3,(H2,28,29,30,31)/t17-,18?,19?/m0/s1. The second-order valence-corrected chi connectivity index (χ2v) is 8.26. The molecule has 4 N–H and O–H groups in total. The summed E-state index contributed by atoms with van der Waals surface area (Å²) in [5.41, 5.74) is 2.52. The van der Waals surface area contributed by atoms with Gasteiger partial charge in [-0.25, -0.2) is 9.37 Å². The predicted molar refractivity (Wildman–Crippen MR) is 123 cm³/mol. The summed E-state index contributed by atoms with van der Waals surface area (Å²) >= 11 is 0. The van der Waals surface area contributed by atoms with Gasteiger partial charge in [-0.05, 0) is 56.7 Å². The van der Waals surface area contributed by atoms with Crippen molar-refractivity contribution >= 4 is 11.8 Å². The van der Waals surface area contributed by atoms with Gasteiger partial charge in [-0.3, -0.25) is 9.37 Å². The highest BCUT2D eigenvalue weighted by atomic mass is 19.1. The van der Waals surface area contributed by atoms with Crippen LogP contribution in [0.25, 0.3) is 11.3 Å². The van der Waals surface area contributed by atoms with Crippen LogP contribution in [0, 0.1) is 0 Å². The van der Waals surface area contributed by atoms with E-state index in [-0.39, 0.29) is 25.4 Å². The lowest BCUT2D eigenvalue weighted by atomic mass is 9.93. The van der Waals surface area contributed by atoms with E-state index >= 15 is 0 Å². The Labute approximate surface area is 188 Å². The topological polar surface area (TPSA) is 95.0 Å². The molecule has 1 fully saturated rings. The molecule has 1 saturated carbocycles. The number of hydrogen-bond donors (Lipinski definition) is 4. The minimum atomic E-state index is -0.956. The summed E-state index contributed by atoms with van der Waals surface area (Å²) in [6.45, 7) is 2.89. The summed E-state index contributed by atoms with van der Waals surface area (Å²) in [5.74, 6) is 1.02. The van der Waals surface area contributed by atoms with E-state index in [1.807, 2.05) is 12.1 Å². The molecule has 0 saturated heterocycles. The molecule has 0 bridgehead atoms. The first-order chi connectivity index (χ1) is 15.6. The van der Waals surface area contributed by atoms with Crippen LogP contribution in [-0.2, 0) is 6.54 Å². The first-order valence-corrected chi connectivity index (χ1v) is 11.5. The quantitative estimate of drug-likeness (QED) is 0.366. The van der Waals surface area contributed by atoms with E-state index in [1.165, 1.54) is 0 Å². The fourth-order valence-electron chi connectivity index (χ4n) is 3.64. The van der Waals surface area contributed by atoms with Gasteiger partial charge >= 0.3 is 0 Å². The van der Waals surface area contributed by atoms with Crippen LogP contribution >= 0.6 is 0 Å². The molecule has 0 amide bonds. The molecule has 2 aromatic heterocycles. The molecule has 7 nitrogen and oxygen atoms in total. The summed E-state index contributed by atoms with van der Waals surface area (Å²) in [5, 5.41) is 19.4. The molecule has 0 aliphatic heterocycles. The van der Waals surface area contributed by atoms with Crippen LogP contribution in [0.1, 0.15) is 51.0 Å². The van der Waals surface area contributed by atoms with Crippen molar-refractivity contribution in [2.75, 3.05) is 30.4 Å². The van der Waals surface area contributed by atoms with Gasteiger partial charge in [0, 0.05) is 31.5 Å². The third-order valence-corrected chi connectivity index (χ3v) is 5.67. The third-order valence-electron chi connectivity index (χ3n) is 5.67. The van der Waals surface area contributed by atoms with E-state index in [0.29, 0.717) is 37.7 Å². The molecule has 2 heterocycles. The molecule has 32 heavy (non-hydrogen) atoms. The lowest BCUT2D eigenvalue weighted by Gasteiger charge is -2.27. The monoisotopic (exact) mass is 448 g/mol. The number of anilines is 2. The van der Waals surface area contributed by atoms with Crippen molar-refractivity contribution in [3.05, 3.63) is 30.1 Å². The zero-order chi connectivity index (χ0) is 22.8. The summed E-state index contributed by atoms with van der Waals surface area (Å²) < 4.78 is 25.9. The van der Waals surface area contributed by atoms with Gasteiger partial charge in [0.15, 0.2) is 0 Å². The van der Waals surface area contributed by atoms with E-state index in [4.69, 9.17) is 0 Å². The second-order valence-electron chi connectivity index (χ2n) is 8.26. The Morgan fingerprint density at radius 1 is 1.16 bits per heavy atom. The molecule has 9 heteroatoms. The summed E-state index contributed by atoms with van der Waals surface area (Å²) in [7, 11) is 0. The predicted octanol–water partition coefficient (Wildman–Crippen LogP) is 3.86. The van der Waals surface area contributed by atoms with Crippen LogP contribution in [0.5, 0.6) is 0 Å². The van der Waals surface area contributed by atoms with Crippen molar-refractivity contribution in [3.8, 4) is 11.3 Å². The van der Waals surface area contributed by atoms with E-state index in [2.05, 4.69) is 30.9 Å². The molecular weight excluding hydrogens is 414 g/mol. The zero-order valence-electron chi connectivity index (χ0n) is 18.7. The Hall–Kier alpha value is -2.39. The minimum Gasteiger partial charge on any atom is -0.393 e. The van der Waals surface area contributed by atoms with Gasteiger partial charge in [0.25, 0.3) is 0 Å². The van der Waals surface area contributed by atoms with Crippen LogP contribution in [0.15, 0.2) is 24.5 Å². The Morgan fingerprint density at radius 2 is 1.97 bits per heavy atom. The van der Waals surface area contributed by atoms with Gasteiger partial charge < -0.3 is 21.1 Å². The van der Waals surface area contributed by atoms with Gasteiger partial charge in [0.2, 0.25) is 5.95 Å². The average Bonchev–Trinajstić information content (AvgIpc) is 2.82. The van der Waals surface area contributed by atoms with Gasteiger partial charge in [-0.15, -0.1) is 0 Å². The number of alkyl halides is 2. The number of nitrogens with one attached hydrogen (secondary N) is 3. The summed E-state index contributed by atoms with van der Waals surface area (Å²) in [6, 6.07) is 4.10. The van der Waals surface area contributed by atoms with Gasteiger partial charge in [-0.1, -0.05) is 13.0 Å². The van der Waals surface area contributed by atoms with E-state index in [0.717, 1.165) is 42.5 Å². The number of hydrogen-bond acceptors (Lipinski definition) is 7. The molecule has 0 aromatic carbocycles. The largest absolute Gasteiger partial charge is 0.393 e. The smallest absolute Gasteiger partial charge is 0.224 e. The van der Waals surface area contributed by atoms with E-state index in [9.17, 15) is 13.9 Å². The van der Waals surface area contributed by atoms with E-state index in [1.54, 1.807) is 19.3 Å². The average molecular weight is 449 g/mol. The number of rotatable bonds is 12.